The highest BCUT2D eigenvalue weighted by Crippen LogP contribution is 2.20. The molecule has 19 heavy (non-hydrogen) atoms. The van der Waals surface area contributed by atoms with Crippen molar-refractivity contribution in [3.05, 3.63) is 57.7 Å². The summed E-state index contributed by atoms with van der Waals surface area (Å²) in [4.78, 5) is 6.46. The number of aryl methyl sites for hydroxylation is 1. The molecule has 0 bridgehead atoms. The van der Waals surface area contributed by atoms with Gasteiger partial charge in [0.05, 0.1) is 11.6 Å². The van der Waals surface area contributed by atoms with Gasteiger partial charge in [-0.15, -0.1) is 0 Å². The number of hydrogen-bond acceptors (Lipinski definition) is 3. The molecule has 3 nitrogen and oxygen atoms in total. The van der Waals surface area contributed by atoms with Gasteiger partial charge in [-0.05, 0) is 52.2 Å². The van der Waals surface area contributed by atoms with Crippen molar-refractivity contribution in [1.29, 1.82) is 5.26 Å². The molecule has 0 radical (unpaired) electrons. The molecule has 2 aromatic rings. The number of nitrogens with zero attached hydrogens (tertiary/aromatic N) is 3. The molecule has 0 spiro atoms. The van der Waals surface area contributed by atoms with Gasteiger partial charge in [0.25, 0.3) is 0 Å². The van der Waals surface area contributed by atoms with Crippen molar-refractivity contribution in [2.45, 2.75) is 13.5 Å². The van der Waals surface area contributed by atoms with E-state index in [0.717, 1.165) is 28.0 Å². The lowest BCUT2D eigenvalue weighted by Gasteiger charge is -2.19. The zero-order valence-corrected chi connectivity index (χ0v) is 12.5. The molecule has 0 saturated carbocycles. The van der Waals surface area contributed by atoms with E-state index in [1.54, 1.807) is 0 Å². The Hall–Kier alpha value is -1.86. The first kappa shape index (κ1) is 13.6. The van der Waals surface area contributed by atoms with E-state index < -0.39 is 0 Å². The number of nitriles is 1. The van der Waals surface area contributed by atoms with Gasteiger partial charge in [-0.25, -0.2) is 4.98 Å². The van der Waals surface area contributed by atoms with Crippen LogP contribution in [0.25, 0.3) is 0 Å². The highest BCUT2D eigenvalue weighted by molar-refractivity contribution is 9.10. The van der Waals surface area contributed by atoms with Crippen molar-refractivity contribution < 1.29 is 0 Å². The minimum absolute atomic E-state index is 0.686. The Morgan fingerprint density at radius 3 is 2.84 bits per heavy atom. The second-order valence-electron chi connectivity index (χ2n) is 4.46. The summed E-state index contributed by atoms with van der Waals surface area (Å²) in [6, 6.07) is 11.8. The van der Waals surface area contributed by atoms with Crippen molar-refractivity contribution in [3.8, 4) is 6.07 Å². The second-order valence-corrected chi connectivity index (χ2v) is 5.31. The Morgan fingerprint density at radius 2 is 2.16 bits per heavy atom. The highest BCUT2D eigenvalue weighted by Gasteiger charge is 2.06. The van der Waals surface area contributed by atoms with Crippen LogP contribution in [-0.2, 0) is 6.54 Å². The van der Waals surface area contributed by atoms with Gasteiger partial charge < -0.3 is 4.90 Å². The van der Waals surface area contributed by atoms with E-state index in [9.17, 15) is 0 Å². The molecule has 0 unspecified atom stereocenters. The molecule has 0 saturated heterocycles. The van der Waals surface area contributed by atoms with Crippen LogP contribution in [0.2, 0.25) is 0 Å². The van der Waals surface area contributed by atoms with E-state index in [1.807, 2.05) is 50.5 Å². The lowest BCUT2D eigenvalue weighted by Crippen LogP contribution is -2.17. The number of pyridine rings is 1. The van der Waals surface area contributed by atoms with E-state index in [1.165, 1.54) is 0 Å². The van der Waals surface area contributed by atoms with Crippen LogP contribution in [0, 0.1) is 18.3 Å². The van der Waals surface area contributed by atoms with Crippen LogP contribution in [0.3, 0.4) is 0 Å². The molecule has 0 aliphatic heterocycles. The molecule has 4 heteroatoms. The van der Waals surface area contributed by atoms with Gasteiger partial charge in [0.15, 0.2) is 0 Å². The van der Waals surface area contributed by atoms with Crippen molar-refractivity contribution in [1.82, 2.24) is 4.98 Å². The summed E-state index contributed by atoms with van der Waals surface area (Å²) in [5.74, 6) is 0.920. The monoisotopic (exact) mass is 315 g/mol. The lowest BCUT2D eigenvalue weighted by atomic mass is 10.1. The van der Waals surface area contributed by atoms with Gasteiger partial charge in [0.1, 0.15) is 5.82 Å². The molecule has 1 aromatic carbocycles. The molecular formula is C15H14BrN3. The first-order chi connectivity index (χ1) is 9.10. The van der Waals surface area contributed by atoms with Crippen LogP contribution >= 0.6 is 15.9 Å². The van der Waals surface area contributed by atoms with Gasteiger partial charge in [-0.3, -0.25) is 0 Å². The maximum Gasteiger partial charge on any atom is 0.128 e. The first-order valence-electron chi connectivity index (χ1n) is 5.92. The number of rotatable bonds is 3. The predicted molar refractivity (Wildman–Crippen MR) is 79.9 cm³/mol. The van der Waals surface area contributed by atoms with Crippen LogP contribution < -0.4 is 4.90 Å². The number of halogens is 1. The van der Waals surface area contributed by atoms with Gasteiger partial charge in [-0.2, -0.15) is 5.26 Å². The average Bonchev–Trinajstić information content (AvgIpc) is 2.42. The summed E-state index contributed by atoms with van der Waals surface area (Å²) in [5, 5.41) is 8.90. The van der Waals surface area contributed by atoms with E-state index in [4.69, 9.17) is 5.26 Å². The Morgan fingerprint density at radius 1 is 1.37 bits per heavy atom. The summed E-state index contributed by atoms with van der Waals surface area (Å²) >= 11 is 3.45. The van der Waals surface area contributed by atoms with Crippen LogP contribution in [-0.4, -0.2) is 12.0 Å². The number of hydrogen-bond donors (Lipinski definition) is 0. The fourth-order valence-corrected chi connectivity index (χ4v) is 2.04. The maximum atomic E-state index is 8.90. The largest absolute Gasteiger partial charge is 0.355 e. The van der Waals surface area contributed by atoms with Crippen molar-refractivity contribution in [3.63, 3.8) is 0 Å². The second kappa shape index (κ2) is 5.85. The molecular weight excluding hydrogens is 302 g/mol. The van der Waals surface area contributed by atoms with Crippen LogP contribution in [0.4, 0.5) is 5.82 Å². The number of aromatic nitrogens is 1. The summed E-state index contributed by atoms with van der Waals surface area (Å²) in [6.45, 7) is 2.77. The highest BCUT2D eigenvalue weighted by atomic mass is 79.9. The molecule has 0 amide bonds. The fraction of sp³-hybridized carbons (Fsp3) is 0.200. The van der Waals surface area contributed by atoms with E-state index in [2.05, 4.69) is 31.9 Å². The fourth-order valence-electron chi connectivity index (χ4n) is 1.83. The van der Waals surface area contributed by atoms with E-state index in [-0.39, 0.29) is 0 Å². The van der Waals surface area contributed by atoms with Gasteiger partial charge in [-0.1, -0.05) is 12.1 Å². The molecule has 1 aromatic heterocycles. The zero-order valence-electron chi connectivity index (χ0n) is 10.9. The smallest absolute Gasteiger partial charge is 0.128 e. The van der Waals surface area contributed by atoms with Crippen molar-refractivity contribution in [2.24, 2.45) is 0 Å². The summed E-state index contributed by atoms with van der Waals surface area (Å²) in [6.07, 6.45) is 1.81. The molecule has 0 aliphatic rings. The molecule has 0 aliphatic carbocycles. The van der Waals surface area contributed by atoms with Crippen LogP contribution in [0.1, 0.15) is 16.7 Å². The quantitative estimate of drug-likeness (QED) is 0.867. The van der Waals surface area contributed by atoms with Crippen molar-refractivity contribution in [2.75, 3.05) is 11.9 Å². The van der Waals surface area contributed by atoms with Gasteiger partial charge >= 0.3 is 0 Å². The first-order valence-corrected chi connectivity index (χ1v) is 6.72. The number of benzene rings is 1. The van der Waals surface area contributed by atoms with Crippen molar-refractivity contribution >= 4 is 21.7 Å². The van der Waals surface area contributed by atoms with E-state index >= 15 is 0 Å². The Bertz CT molecular complexity index is 632. The SMILES string of the molecule is Cc1cc(N(C)Cc2cccc(C#N)c2)ncc1Br. The Balaban J connectivity index is 2.18. The van der Waals surface area contributed by atoms with Gasteiger partial charge in [0, 0.05) is 24.3 Å². The molecule has 1 heterocycles. The minimum Gasteiger partial charge on any atom is -0.355 e. The third-order valence-electron chi connectivity index (χ3n) is 2.90. The van der Waals surface area contributed by atoms with Crippen LogP contribution in [0.5, 0.6) is 0 Å². The standard InChI is InChI=1S/C15H14BrN3/c1-11-6-15(18-9-14(11)16)19(2)10-13-5-3-4-12(7-13)8-17/h3-7,9H,10H2,1-2H3. The Kier molecular flexibility index (Phi) is 4.18. The van der Waals surface area contributed by atoms with Crippen LogP contribution in [0.15, 0.2) is 41.0 Å². The molecule has 2 rings (SSSR count). The minimum atomic E-state index is 0.686. The summed E-state index contributed by atoms with van der Waals surface area (Å²) in [7, 11) is 1.99. The van der Waals surface area contributed by atoms with Gasteiger partial charge in [0.2, 0.25) is 0 Å². The predicted octanol–water partition coefficient (Wildman–Crippen LogP) is 3.66. The molecule has 0 fully saturated rings. The number of anilines is 1. The lowest BCUT2D eigenvalue weighted by molar-refractivity contribution is 0.895. The normalized spacial score (nSPS) is 10.0. The average molecular weight is 316 g/mol. The third-order valence-corrected chi connectivity index (χ3v) is 3.73. The topological polar surface area (TPSA) is 39.9 Å². The molecule has 96 valence electrons. The Labute approximate surface area is 121 Å². The third kappa shape index (κ3) is 3.33. The molecule has 0 N–H and O–H groups in total. The molecule has 0 atom stereocenters. The maximum absolute atomic E-state index is 8.90. The van der Waals surface area contributed by atoms with E-state index in [0.29, 0.717) is 5.56 Å². The summed E-state index contributed by atoms with van der Waals surface area (Å²) < 4.78 is 1.01. The zero-order chi connectivity index (χ0) is 13.8. The summed E-state index contributed by atoms with van der Waals surface area (Å²) in [5.41, 5.74) is 2.94.